The first kappa shape index (κ1) is 12.9. The number of phenols is 1. The zero-order valence-electron chi connectivity index (χ0n) is 10.1. The van der Waals surface area contributed by atoms with Gasteiger partial charge in [-0.15, -0.1) is 0 Å². The molecule has 0 radical (unpaired) electrons. The highest BCUT2D eigenvalue weighted by atomic mass is 16.5. The normalized spacial score (nSPS) is 20.8. The number of nitrogens with two attached hydrogens (primary N) is 1. The predicted molar refractivity (Wildman–Crippen MR) is 67.0 cm³/mol. The summed E-state index contributed by atoms with van der Waals surface area (Å²) in [6.07, 6.45) is 2.20. The molecule has 5 nitrogen and oxygen atoms in total. The fourth-order valence-electron chi connectivity index (χ4n) is 2.14. The molecular formula is C13H18N2O3. The number of ether oxygens (including phenoxy) is 1. The smallest absolute Gasteiger partial charge is 0.239 e. The standard InChI is InChI=1S/C13H18N2O3/c14-13(17)12(9-3-1-4-10(16)7-9)15-8-11-5-2-6-18-11/h1,3-4,7,11-12,15-16H,2,5-6,8H2,(H2,14,17). The van der Waals surface area contributed by atoms with E-state index in [-0.39, 0.29) is 11.9 Å². The van der Waals surface area contributed by atoms with E-state index >= 15 is 0 Å². The van der Waals surface area contributed by atoms with Crippen molar-refractivity contribution < 1.29 is 14.6 Å². The molecule has 1 amide bonds. The number of amides is 1. The molecule has 2 unspecified atom stereocenters. The molecule has 1 saturated heterocycles. The van der Waals surface area contributed by atoms with Crippen molar-refractivity contribution in [2.24, 2.45) is 5.73 Å². The van der Waals surface area contributed by atoms with Gasteiger partial charge in [0, 0.05) is 13.2 Å². The number of phenolic OH excluding ortho intramolecular Hbond substituents is 1. The van der Waals surface area contributed by atoms with Crippen LogP contribution in [-0.4, -0.2) is 30.3 Å². The Morgan fingerprint density at radius 1 is 1.61 bits per heavy atom. The highest BCUT2D eigenvalue weighted by Crippen LogP contribution is 2.19. The van der Waals surface area contributed by atoms with Crippen LogP contribution in [0.3, 0.4) is 0 Å². The van der Waals surface area contributed by atoms with E-state index in [2.05, 4.69) is 5.32 Å². The Hall–Kier alpha value is -1.59. The Morgan fingerprint density at radius 2 is 2.44 bits per heavy atom. The second kappa shape index (κ2) is 5.84. The van der Waals surface area contributed by atoms with E-state index in [1.807, 2.05) is 0 Å². The van der Waals surface area contributed by atoms with Gasteiger partial charge >= 0.3 is 0 Å². The lowest BCUT2D eigenvalue weighted by atomic mass is 10.1. The first-order chi connectivity index (χ1) is 8.66. The molecule has 1 aromatic carbocycles. The molecule has 0 bridgehead atoms. The average molecular weight is 250 g/mol. The van der Waals surface area contributed by atoms with Gasteiger partial charge < -0.3 is 15.6 Å². The van der Waals surface area contributed by atoms with Crippen LogP contribution < -0.4 is 11.1 Å². The molecule has 18 heavy (non-hydrogen) atoms. The Kier molecular flexibility index (Phi) is 4.17. The van der Waals surface area contributed by atoms with Gasteiger partial charge in [-0.2, -0.15) is 0 Å². The summed E-state index contributed by atoms with van der Waals surface area (Å²) in [7, 11) is 0. The maximum Gasteiger partial charge on any atom is 0.239 e. The molecule has 5 heteroatoms. The summed E-state index contributed by atoms with van der Waals surface area (Å²) < 4.78 is 5.48. The third kappa shape index (κ3) is 3.21. The van der Waals surface area contributed by atoms with Gasteiger partial charge in [0.15, 0.2) is 0 Å². The fraction of sp³-hybridized carbons (Fsp3) is 0.462. The molecule has 98 valence electrons. The van der Waals surface area contributed by atoms with E-state index in [0.29, 0.717) is 12.1 Å². The maximum absolute atomic E-state index is 11.5. The van der Waals surface area contributed by atoms with Gasteiger partial charge in [0.1, 0.15) is 11.8 Å². The monoisotopic (exact) mass is 250 g/mol. The lowest BCUT2D eigenvalue weighted by molar-refractivity contribution is -0.120. The molecule has 0 aliphatic carbocycles. The SMILES string of the molecule is NC(=O)C(NCC1CCCO1)c1cccc(O)c1. The molecule has 0 aromatic heterocycles. The number of aromatic hydroxyl groups is 1. The van der Waals surface area contributed by atoms with E-state index < -0.39 is 11.9 Å². The van der Waals surface area contributed by atoms with E-state index in [4.69, 9.17) is 10.5 Å². The minimum absolute atomic E-state index is 0.123. The predicted octanol–water partition coefficient (Wildman–Crippen LogP) is 0.687. The van der Waals surface area contributed by atoms with E-state index in [1.165, 1.54) is 6.07 Å². The van der Waals surface area contributed by atoms with Crippen molar-refractivity contribution >= 4 is 5.91 Å². The molecule has 0 spiro atoms. The topological polar surface area (TPSA) is 84.6 Å². The Balaban J connectivity index is 2.01. The average Bonchev–Trinajstić information content (AvgIpc) is 2.82. The number of carbonyl (C=O) groups excluding carboxylic acids is 1. The van der Waals surface area contributed by atoms with Crippen LogP contribution in [0.1, 0.15) is 24.4 Å². The molecule has 4 N–H and O–H groups in total. The van der Waals surface area contributed by atoms with Gasteiger partial charge in [-0.25, -0.2) is 0 Å². The van der Waals surface area contributed by atoms with Crippen molar-refractivity contribution in [3.63, 3.8) is 0 Å². The summed E-state index contributed by atoms with van der Waals surface area (Å²) in [6.45, 7) is 1.36. The quantitative estimate of drug-likeness (QED) is 0.717. The number of nitrogens with one attached hydrogen (secondary N) is 1. The van der Waals surface area contributed by atoms with Gasteiger partial charge in [0.2, 0.25) is 5.91 Å². The molecule has 1 aliphatic rings. The number of rotatable bonds is 5. The third-order valence-electron chi connectivity index (χ3n) is 3.06. The minimum atomic E-state index is -0.596. The molecule has 1 aromatic rings. The first-order valence-electron chi connectivity index (χ1n) is 6.10. The highest BCUT2D eigenvalue weighted by molar-refractivity contribution is 5.81. The summed E-state index contributed by atoms with van der Waals surface area (Å²) in [6, 6.07) is 5.95. The summed E-state index contributed by atoms with van der Waals surface area (Å²) >= 11 is 0. The molecule has 1 heterocycles. The zero-order chi connectivity index (χ0) is 13.0. The molecule has 1 aliphatic heterocycles. The summed E-state index contributed by atoms with van der Waals surface area (Å²) in [5.41, 5.74) is 6.05. The van der Waals surface area contributed by atoms with E-state index in [0.717, 1.165) is 19.4 Å². The minimum Gasteiger partial charge on any atom is -0.508 e. The van der Waals surface area contributed by atoms with Crippen LogP contribution in [0.5, 0.6) is 5.75 Å². The molecular weight excluding hydrogens is 232 g/mol. The van der Waals surface area contributed by atoms with Gasteiger partial charge in [0.25, 0.3) is 0 Å². The van der Waals surface area contributed by atoms with Gasteiger partial charge in [-0.1, -0.05) is 12.1 Å². The van der Waals surface area contributed by atoms with Crippen LogP contribution in [0.25, 0.3) is 0 Å². The molecule has 2 atom stereocenters. The Morgan fingerprint density at radius 3 is 3.06 bits per heavy atom. The number of hydrogen-bond donors (Lipinski definition) is 3. The number of benzene rings is 1. The second-order valence-electron chi connectivity index (χ2n) is 4.47. The van der Waals surface area contributed by atoms with Crippen molar-refractivity contribution in [1.29, 1.82) is 0 Å². The van der Waals surface area contributed by atoms with Gasteiger partial charge in [-0.05, 0) is 30.5 Å². The summed E-state index contributed by atoms with van der Waals surface area (Å²) in [5.74, 6) is -0.337. The second-order valence-corrected chi connectivity index (χ2v) is 4.47. The van der Waals surface area contributed by atoms with E-state index in [9.17, 15) is 9.90 Å². The number of hydrogen-bond acceptors (Lipinski definition) is 4. The zero-order valence-corrected chi connectivity index (χ0v) is 10.1. The van der Waals surface area contributed by atoms with Crippen molar-refractivity contribution in [2.75, 3.05) is 13.2 Å². The van der Waals surface area contributed by atoms with Crippen LogP contribution in [-0.2, 0) is 9.53 Å². The highest BCUT2D eigenvalue weighted by Gasteiger charge is 2.21. The largest absolute Gasteiger partial charge is 0.508 e. The van der Waals surface area contributed by atoms with Crippen molar-refractivity contribution in [3.05, 3.63) is 29.8 Å². The number of carbonyl (C=O) groups is 1. The van der Waals surface area contributed by atoms with Crippen LogP contribution >= 0.6 is 0 Å². The maximum atomic E-state index is 11.5. The lowest BCUT2D eigenvalue weighted by Gasteiger charge is -2.18. The van der Waals surface area contributed by atoms with Gasteiger partial charge in [-0.3, -0.25) is 10.1 Å². The van der Waals surface area contributed by atoms with Crippen LogP contribution in [0, 0.1) is 0 Å². The molecule has 0 saturated carbocycles. The summed E-state index contributed by atoms with van der Waals surface area (Å²) in [5, 5.41) is 12.5. The van der Waals surface area contributed by atoms with E-state index in [1.54, 1.807) is 18.2 Å². The summed E-state index contributed by atoms with van der Waals surface area (Å²) in [4.78, 5) is 11.5. The third-order valence-corrected chi connectivity index (χ3v) is 3.06. The Labute approximate surface area is 106 Å². The molecule has 1 fully saturated rings. The van der Waals surface area contributed by atoms with Crippen LogP contribution in [0.15, 0.2) is 24.3 Å². The van der Waals surface area contributed by atoms with Crippen LogP contribution in [0.4, 0.5) is 0 Å². The van der Waals surface area contributed by atoms with Crippen molar-refractivity contribution in [2.45, 2.75) is 25.0 Å². The number of primary amides is 1. The first-order valence-corrected chi connectivity index (χ1v) is 6.10. The Bertz CT molecular complexity index is 416. The van der Waals surface area contributed by atoms with Crippen molar-refractivity contribution in [3.8, 4) is 5.75 Å². The van der Waals surface area contributed by atoms with Gasteiger partial charge in [0.05, 0.1) is 6.10 Å². The van der Waals surface area contributed by atoms with Crippen LogP contribution in [0.2, 0.25) is 0 Å². The fourth-order valence-corrected chi connectivity index (χ4v) is 2.14. The van der Waals surface area contributed by atoms with Crippen molar-refractivity contribution in [1.82, 2.24) is 5.32 Å². The lowest BCUT2D eigenvalue weighted by Crippen LogP contribution is -2.37. The molecule has 2 rings (SSSR count).